The third-order valence-corrected chi connectivity index (χ3v) is 4.29. The van der Waals surface area contributed by atoms with E-state index in [0.29, 0.717) is 11.1 Å². The molecule has 2 aromatic carbocycles. The quantitative estimate of drug-likeness (QED) is 0.645. The number of aromatic hydroxyl groups is 2. The van der Waals surface area contributed by atoms with Crippen LogP contribution in [-0.4, -0.2) is 22.8 Å². The molecule has 136 valence electrons. The summed E-state index contributed by atoms with van der Waals surface area (Å²) in [5.74, 6) is -1.36. The molecule has 2 aromatic rings. The van der Waals surface area contributed by atoms with Gasteiger partial charge in [-0.25, -0.2) is 4.79 Å². The van der Waals surface area contributed by atoms with E-state index in [9.17, 15) is 20.3 Å². The Balaban J connectivity index is 2.86. The van der Waals surface area contributed by atoms with Crippen LogP contribution in [0.25, 0.3) is 0 Å². The first-order valence-electron chi connectivity index (χ1n) is 8.39. The highest BCUT2D eigenvalue weighted by molar-refractivity contribution is 5.91. The summed E-state index contributed by atoms with van der Waals surface area (Å²) >= 11 is 0. The van der Waals surface area contributed by atoms with Crippen LogP contribution in [0, 0.1) is 11.3 Å². The maximum atomic E-state index is 12.9. The van der Waals surface area contributed by atoms with Crippen LogP contribution < -0.4 is 0 Å². The van der Waals surface area contributed by atoms with Crippen molar-refractivity contribution < 1.29 is 19.7 Å². The van der Waals surface area contributed by atoms with Gasteiger partial charge in [0.2, 0.25) is 5.41 Å². The maximum Gasteiger partial charge on any atom is 0.335 e. The van der Waals surface area contributed by atoms with Crippen molar-refractivity contribution in [2.24, 2.45) is 0 Å². The molecule has 0 bridgehead atoms. The Hall–Kier alpha value is -3.00. The second-order valence-corrected chi connectivity index (χ2v) is 7.09. The normalized spacial score (nSPS) is 13.5. The third-order valence-electron chi connectivity index (χ3n) is 4.29. The number of benzene rings is 2. The smallest absolute Gasteiger partial charge is 0.335 e. The van der Waals surface area contributed by atoms with E-state index in [1.54, 1.807) is 43.3 Å². The van der Waals surface area contributed by atoms with E-state index in [-0.39, 0.29) is 23.7 Å². The van der Waals surface area contributed by atoms with E-state index >= 15 is 0 Å². The summed E-state index contributed by atoms with van der Waals surface area (Å²) in [4.78, 5) is 12.9. The van der Waals surface area contributed by atoms with Crippen molar-refractivity contribution in [1.29, 1.82) is 5.26 Å². The molecular formula is C21H23NO4. The Labute approximate surface area is 153 Å². The fourth-order valence-electron chi connectivity index (χ4n) is 2.91. The monoisotopic (exact) mass is 353 g/mol. The minimum atomic E-state index is -1.75. The number of carbonyl (C=O) groups excluding carboxylic acids is 1. The Morgan fingerprint density at radius 3 is 2.23 bits per heavy atom. The average molecular weight is 353 g/mol. The largest absolute Gasteiger partial charge is 0.504 e. The van der Waals surface area contributed by atoms with Gasteiger partial charge in [0.15, 0.2) is 11.5 Å². The van der Waals surface area contributed by atoms with Crippen LogP contribution in [0.1, 0.15) is 44.4 Å². The summed E-state index contributed by atoms with van der Waals surface area (Å²) in [5, 5.41) is 30.5. The fourth-order valence-corrected chi connectivity index (χ4v) is 2.91. The number of rotatable bonds is 4. The van der Waals surface area contributed by atoms with Gasteiger partial charge in [-0.3, -0.25) is 0 Å². The number of esters is 1. The van der Waals surface area contributed by atoms with E-state index < -0.39 is 16.8 Å². The topological polar surface area (TPSA) is 90.6 Å². The highest BCUT2D eigenvalue weighted by Gasteiger charge is 2.45. The van der Waals surface area contributed by atoms with Gasteiger partial charge in [-0.1, -0.05) is 51.1 Å². The molecule has 0 spiro atoms. The summed E-state index contributed by atoms with van der Waals surface area (Å²) < 4.78 is 5.20. The van der Waals surface area contributed by atoms with Crippen molar-refractivity contribution in [3.05, 3.63) is 59.2 Å². The van der Waals surface area contributed by atoms with Crippen LogP contribution in [0.5, 0.6) is 11.5 Å². The molecule has 0 aliphatic heterocycles. The number of carbonyl (C=O) groups is 1. The van der Waals surface area contributed by atoms with Crippen molar-refractivity contribution in [3.8, 4) is 17.6 Å². The van der Waals surface area contributed by atoms with E-state index in [1.165, 1.54) is 6.07 Å². The van der Waals surface area contributed by atoms with E-state index in [0.717, 1.165) is 0 Å². The van der Waals surface area contributed by atoms with Crippen LogP contribution in [0.4, 0.5) is 0 Å². The second kappa shape index (κ2) is 7.09. The summed E-state index contributed by atoms with van der Waals surface area (Å²) in [6, 6.07) is 13.5. The Kier molecular flexibility index (Phi) is 5.27. The fraction of sp³-hybridized carbons (Fsp3) is 0.333. The number of nitrogens with zero attached hydrogens (tertiary/aromatic N) is 1. The van der Waals surface area contributed by atoms with Crippen LogP contribution in [0.2, 0.25) is 0 Å². The Morgan fingerprint density at radius 1 is 1.12 bits per heavy atom. The highest BCUT2D eigenvalue weighted by Crippen LogP contribution is 2.43. The molecule has 0 saturated carbocycles. The first-order valence-corrected chi connectivity index (χ1v) is 8.39. The third kappa shape index (κ3) is 3.23. The lowest BCUT2D eigenvalue weighted by Gasteiger charge is -2.28. The van der Waals surface area contributed by atoms with Gasteiger partial charge in [0.1, 0.15) is 0 Å². The predicted molar refractivity (Wildman–Crippen MR) is 97.9 cm³/mol. The highest BCUT2D eigenvalue weighted by atomic mass is 16.5. The van der Waals surface area contributed by atoms with Crippen LogP contribution in [-0.2, 0) is 20.4 Å². The zero-order chi connectivity index (χ0) is 19.5. The minimum absolute atomic E-state index is 0.116. The second-order valence-electron chi connectivity index (χ2n) is 7.09. The summed E-state index contributed by atoms with van der Waals surface area (Å²) in [5.41, 5.74) is -1.13. The number of hydrogen-bond donors (Lipinski definition) is 2. The molecule has 0 amide bonds. The zero-order valence-electron chi connectivity index (χ0n) is 15.4. The molecule has 5 heteroatoms. The van der Waals surface area contributed by atoms with E-state index in [1.807, 2.05) is 20.8 Å². The van der Waals surface area contributed by atoms with E-state index in [2.05, 4.69) is 6.07 Å². The SMILES string of the molecule is CCOC(=O)C(C#N)(c1ccccc1)c1cc(O)c(O)c(C(C)(C)C)c1. The number of phenolic OH excluding ortho intramolecular Hbond substituents is 2. The van der Waals surface area contributed by atoms with Gasteiger partial charge in [-0.2, -0.15) is 5.26 Å². The number of nitriles is 1. The molecule has 0 radical (unpaired) electrons. The van der Waals surface area contributed by atoms with Crippen LogP contribution >= 0.6 is 0 Å². The van der Waals surface area contributed by atoms with Crippen LogP contribution in [0.3, 0.4) is 0 Å². The van der Waals surface area contributed by atoms with Gasteiger partial charge in [0.25, 0.3) is 0 Å². The number of hydrogen-bond acceptors (Lipinski definition) is 5. The number of ether oxygens (including phenoxy) is 1. The van der Waals surface area contributed by atoms with Gasteiger partial charge in [-0.05, 0) is 35.6 Å². The maximum absolute atomic E-state index is 12.9. The summed E-state index contributed by atoms with van der Waals surface area (Å²) in [6.07, 6.45) is 0. The predicted octanol–water partition coefficient (Wildman–Crippen LogP) is 3.77. The lowest BCUT2D eigenvalue weighted by molar-refractivity contribution is -0.146. The molecule has 5 nitrogen and oxygen atoms in total. The lowest BCUT2D eigenvalue weighted by atomic mass is 9.73. The number of phenols is 2. The van der Waals surface area contributed by atoms with Crippen LogP contribution in [0.15, 0.2) is 42.5 Å². The molecular weight excluding hydrogens is 330 g/mol. The molecule has 0 aliphatic carbocycles. The minimum Gasteiger partial charge on any atom is -0.504 e. The molecule has 0 fully saturated rings. The van der Waals surface area contributed by atoms with Gasteiger partial charge in [-0.15, -0.1) is 0 Å². The standard InChI is InChI=1S/C21H23NO4/c1-5-26-19(25)21(13-22,14-9-7-6-8-10-14)15-11-16(20(2,3)4)18(24)17(23)12-15/h6-12,23-24H,5H2,1-4H3. The molecule has 0 heterocycles. The molecule has 2 N–H and O–H groups in total. The lowest BCUT2D eigenvalue weighted by Crippen LogP contribution is -2.37. The zero-order valence-corrected chi connectivity index (χ0v) is 15.4. The van der Waals surface area contributed by atoms with Crippen molar-refractivity contribution in [1.82, 2.24) is 0 Å². The first kappa shape index (κ1) is 19.3. The molecule has 0 saturated heterocycles. The molecule has 0 aliphatic rings. The first-order chi connectivity index (χ1) is 12.2. The van der Waals surface area contributed by atoms with Gasteiger partial charge >= 0.3 is 5.97 Å². The van der Waals surface area contributed by atoms with Crippen molar-refractivity contribution in [2.45, 2.75) is 38.5 Å². The summed E-state index contributed by atoms with van der Waals surface area (Å²) in [7, 11) is 0. The van der Waals surface area contributed by atoms with Gasteiger partial charge in [0.05, 0.1) is 12.7 Å². The molecule has 1 atom stereocenters. The van der Waals surface area contributed by atoms with Crippen molar-refractivity contribution in [2.75, 3.05) is 6.61 Å². The van der Waals surface area contributed by atoms with E-state index in [4.69, 9.17) is 4.74 Å². The van der Waals surface area contributed by atoms with Crippen molar-refractivity contribution in [3.63, 3.8) is 0 Å². The van der Waals surface area contributed by atoms with Gasteiger partial charge < -0.3 is 14.9 Å². The summed E-state index contributed by atoms with van der Waals surface area (Å²) in [6.45, 7) is 7.38. The molecule has 26 heavy (non-hydrogen) atoms. The molecule has 1 unspecified atom stereocenters. The van der Waals surface area contributed by atoms with Crippen molar-refractivity contribution >= 4 is 5.97 Å². The van der Waals surface area contributed by atoms with Gasteiger partial charge in [0, 0.05) is 5.56 Å². The Bertz CT molecular complexity index is 847. The molecule has 2 rings (SSSR count). The Morgan fingerprint density at radius 2 is 1.73 bits per heavy atom. The average Bonchev–Trinajstić information content (AvgIpc) is 2.59. The molecule has 0 aromatic heterocycles.